The molecule has 0 saturated heterocycles. The number of halogens is 1. The van der Waals surface area contributed by atoms with Gasteiger partial charge in [0.05, 0.1) is 11.9 Å². The average molecular weight is 526 g/mol. The Balaban J connectivity index is 2.02. The standard InChI is InChI=1S/C28H32FN3O4S/c1-21(2)30-28(34)26(18-22-10-6-4-7-11-22)31(19-23-12-8-5-9-13-23)27(33)20-32(37(3,35)36)25-16-14-24(29)15-17-25/h4-17,21,26H,18-20H2,1-3H3,(H,30,34)/t26-/m1/s1. The summed E-state index contributed by atoms with van der Waals surface area (Å²) in [5, 5.41) is 2.90. The van der Waals surface area contributed by atoms with Gasteiger partial charge in [0, 0.05) is 19.0 Å². The molecule has 9 heteroatoms. The third kappa shape index (κ3) is 8.15. The van der Waals surface area contributed by atoms with Gasteiger partial charge in [0.15, 0.2) is 0 Å². The molecule has 0 unspecified atom stereocenters. The number of carbonyl (C=O) groups excluding carboxylic acids is 2. The highest BCUT2D eigenvalue weighted by Gasteiger charge is 2.33. The molecule has 1 N–H and O–H groups in total. The molecule has 0 radical (unpaired) electrons. The van der Waals surface area contributed by atoms with E-state index in [1.165, 1.54) is 17.0 Å². The van der Waals surface area contributed by atoms with Gasteiger partial charge in [-0.05, 0) is 49.2 Å². The predicted molar refractivity (Wildman–Crippen MR) is 143 cm³/mol. The minimum Gasteiger partial charge on any atom is -0.352 e. The molecule has 2 amide bonds. The Kier molecular flexibility index (Phi) is 9.41. The molecule has 0 aliphatic carbocycles. The minimum atomic E-state index is -3.89. The third-order valence-corrected chi connectivity index (χ3v) is 6.83. The molecule has 0 bridgehead atoms. The topological polar surface area (TPSA) is 86.8 Å². The number of rotatable bonds is 11. The maximum Gasteiger partial charge on any atom is 0.244 e. The Labute approximate surface area is 218 Å². The summed E-state index contributed by atoms with van der Waals surface area (Å²) in [7, 11) is -3.89. The first-order chi connectivity index (χ1) is 17.5. The smallest absolute Gasteiger partial charge is 0.244 e. The predicted octanol–water partition coefficient (Wildman–Crippen LogP) is 3.76. The van der Waals surface area contributed by atoms with E-state index in [0.29, 0.717) is 0 Å². The van der Waals surface area contributed by atoms with Crippen LogP contribution in [0.2, 0.25) is 0 Å². The van der Waals surface area contributed by atoms with Crippen molar-refractivity contribution in [3.63, 3.8) is 0 Å². The highest BCUT2D eigenvalue weighted by molar-refractivity contribution is 7.92. The first-order valence-corrected chi connectivity index (χ1v) is 13.8. The lowest BCUT2D eigenvalue weighted by molar-refractivity contribution is -0.140. The Bertz CT molecular complexity index is 1280. The van der Waals surface area contributed by atoms with E-state index in [9.17, 15) is 22.4 Å². The number of carbonyl (C=O) groups is 2. The van der Waals surface area contributed by atoms with Crippen molar-refractivity contribution < 1.29 is 22.4 Å². The SMILES string of the molecule is CC(C)NC(=O)[C@@H](Cc1ccccc1)N(Cc1ccccc1)C(=O)CN(c1ccc(F)cc1)S(C)(=O)=O. The maximum absolute atomic E-state index is 13.8. The number of nitrogens with one attached hydrogen (secondary N) is 1. The molecule has 37 heavy (non-hydrogen) atoms. The Hall–Kier alpha value is -3.72. The third-order valence-electron chi connectivity index (χ3n) is 5.69. The van der Waals surface area contributed by atoms with Gasteiger partial charge in [-0.2, -0.15) is 0 Å². The fourth-order valence-corrected chi connectivity index (χ4v) is 4.79. The zero-order chi connectivity index (χ0) is 27.0. The molecule has 3 aromatic rings. The Morgan fingerprint density at radius 1 is 0.865 bits per heavy atom. The summed E-state index contributed by atoms with van der Waals surface area (Å²) >= 11 is 0. The normalized spacial score (nSPS) is 12.1. The van der Waals surface area contributed by atoms with Crippen LogP contribution in [0.3, 0.4) is 0 Å². The molecule has 3 rings (SSSR count). The van der Waals surface area contributed by atoms with Crippen LogP contribution in [0.4, 0.5) is 10.1 Å². The summed E-state index contributed by atoms with van der Waals surface area (Å²) in [5.41, 5.74) is 1.80. The highest BCUT2D eigenvalue weighted by Crippen LogP contribution is 2.20. The van der Waals surface area contributed by atoms with Gasteiger partial charge in [-0.15, -0.1) is 0 Å². The number of benzene rings is 3. The van der Waals surface area contributed by atoms with Crippen molar-refractivity contribution in [1.82, 2.24) is 10.2 Å². The molecule has 0 fully saturated rings. The second-order valence-corrected chi connectivity index (χ2v) is 11.0. The van der Waals surface area contributed by atoms with E-state index in [1.807, 2.05) is 74.5 Å². The Morgan fingerprint density at radius 3 is 1.92 bits per heavy atom. The average Bonchev–Trinajstić information content (AvgIpc) is 2.85. The molecule has 7 nitrogen and oxygen atoms in total. The Morgan fingerprint density at radius 2 is 1.41 bits per heavy atom. The van der Waals surface area contributed by atoms with Crippen LogP contribution >= 0.6 is 0 Å². The van der Waals surface area contributed by atoms with E-state index in [4.69, 9.17) is 0 Å². The zero-order valence-electron chi connectivity index (χ0n) is 21.2. The summed E-state index contributed by atoms with van der Waals surface area (Å²) in [6, 6.07) is 22.4. The molecule has 0 heterocycles. The molecular weight excluding hydrogens is 493 g/mol. The van der Waals surface area contributed by atoms with Crippen LogP contribution in [0.5, 0.6) is 0 Å². The van der Waals surface area contributed by atoms with Crippen molar-refractivity contribution in [1.29, 1.82) is 0 Å². The second-order valence-electron chi connectivity index (χ2n) is 9.12. The van der Waals surface area contributed by atoms with Crippen LogP contribution in [0.1, 0.15) is 25.0 Å². The summed E-state index contributed by atoms with van der Waals surface area (Å²) < 4.78 is 39.7. The molecular formula is C28H32FN3O4S. The molecule has 3 aromatic carbocycles. The molecule has 0 aliphatic rings. The summed E-state index contributed by atoms with van der Waals surface area (Å²) in [6.07, 6.45) is 1.23. The van der Waals surface area contributed by atoms with Crippen LogP contribution in [0.15, 0.2) is 84.9 Å². The van der Waals surface area contributed by atoms with Crippen LogP contribution in [-0.2, 0) is 32.6 Å². The number of hydrogen-bond acceptors (Lipinski definition) is 4. The van der Waals surface area contributed by atoms with E-state index in [0.717, 1.165) is 33.8 Å². The van der Waals surface area contributed by atoms with Crippen molar-refractivity contribution in [2.75, 3.05) is 17.1 Å². The largest absolute Gasteiger partial charge is 0.352 e. The van der Waals surface area contributed by atoms with E-state index in [1.54, 1.807) is 0 Å². The van der Waals surface area contributed by atoms with Gasteiger partial charge in [0.25, 0.3) is 0 Å². The van der Waals surface area contributed by atoms with Gasteiger partial charge in [0.2, 0.25) is 21.8 Å². The summed E-state index contributed by atoms with van der Waals surface area (Å²) in [6.45, 7) is 3.22. The van der Waals surface area contributed by atoms with Crippen molar-refractivity contribution in [3.05, 3.63) is 102 Å². The maximum atomic E-state index is 13.8. The summed E-state index contributed by atoms with van der Waals surface area (Å²) in [5.74, 6) is -1.42. The fraction of sp³-hybridized carbons (Fsp3) is 0.286. The van der Waals surface area contributed by atoms with Crippen LogP contribution in [-0.4, -0.2) is 50.0 Å². The molecule has 0 spiro atoms. The number of sulfonamides is 1. The van der Waals surface area contributed by atoms with E-state index < -0.39 is 34.3 Å². The van der Waals surface area contributed by atoms with Gasteiger partial charge in [0.1, 0.15) is 18.4 Å². The lowest BCUT2D eigenvalue weighted by atomic mass is 10.0. The number of nitrogens with zero attached hydrogens (tertiary/aromatic N) is 2. The monoisotopic (exact) mass is 525 g/mol. The molecule has 1 atom stereocenters. The first kappa shape index (κ1) is 27.9. The van der Waals surface area contributed by atoms with E-state index in [2.05, 4.69) is 5.32 Å². The summed E-state index contributed by atoms with van der Waals surface area (Å²) in [4.78, 5) is 28.7. The van der Waals surface area contributed by atoms with Gasteiger partial charge in [-0.25, -0.2) is 12.8 Å². The van der Waals surface area contributed by atoms with Crippen molar-refractivity contribution in [2.45, 2.75) is 38.9 Å². The lowest BCUT2D eigenvalue weighted by Crippen LogP contribution is -2.54. The van der Waals surface area contributed by atoms with Crippen LogP contribution in [0.25, 0.3) is 0 Å². The second kappa shape index (κ2) is 12.5. The van der Waals surface area contributed by atoms with Gasteiger partial charge in [-0.1, -0.05) is 60.7 Å². The van der Waals surface area contributed by atoms with Gasteiger partial charge >= 0.3 is 0 Å². The quantitative estimate of drug-likeness (QED) is 0.413. The fourth-order valence-electron chi connectivity index (χ4n) is 3.94. The molecule has 0 aliphatic heterocycles. The van der Waals surface area contributed by atoms with Crippen LogP contribution < -0.4 is 9.62 Å². The van der Waals surface area contributed by atoms with Crippen molar-refractivity contribution in [2.24, 2.45) is 0 Å². The van der Waals surface area contributed by atoms with Gasteiger partial charge < -0.3 is 10.2 Å². The van der Waals surface area contributed by atoms with Gasteiger partial charge in [-0.3, -0.25) is 13.9 Å². The lowest BCUT2D eigenvalue weighted by Gasteiger charge is -2.34. The number of hydrogen-bond donors (Lipinski definition) is 1. The number of amides is 2. The van der Waals surface area contributed by atoms with Crippen molar-refractivity contribution >= 4 is 27.5 Å². The van der Waals surface area contributed by atoms with Crippen molar-refractivity contribution in [3.8, 4) is 0 Å². The van der Waals surface area contributed by atoms with E-state index in [-0.39, 0.29) is 30.6 Å². The first-order valence-electron chi connectivity index (χ1n) is 12.0. The number of anilines is 1. The molecule has 0 aromatic heterocycles. The molecule has 196 valence electrons. The minimum absolute atomic E-state index is 0.101. The highest BCUT2D eigenvalue weighted by atomic mass is 32.2. The molecule has 0 saturated carbocycles. The van der Waals surface area contributed by atoms with E-state index >= 15 is 0 Å². The zero-order valence-corrected chi connectivity index (χ0v) is 22.0. The van der Waals surface area contributed by atoms with Crippen LogP contribution in [0, 0.1) is 5.82 Å².